The molecule has 0 bridgehead atoms. The zero-order valence-electron chi connectivity index (χ0n) is 9.35. The van der Waals surface area contributed by atoms with Gasteiger partial charge in [0.05, 0.1) is 12.8 Å². The fraction of sp³-hybridized carbons (Fsp3) is 0.800. The van der Waals surface area contributed by atoms with Crippen molar-refractivity contribution in [1.82, 2.24) is 20.3 Å². The SMILES string of the molecule is CCCOCCNCCCn1ccnn1. The molecule has 0 aliphatic heterocycles. The van der Waals surface area contributed by atoms with Gasteiger partial charge in [0, 0.05) is 25.9 Å². The molecule has 0 aromatic carbocycles. The van der Waals surface area contributed by atoms with Crippen molar-refractivity contribution in [2.24, 2.45) is 0 Å². The van der Waals surface area contributed by atoms with Gasteiger partial charge in [0.1, 0.15) is 0 Å². The average molecular weight is 212 g/mol. The molecule has 0 aliphatic carbocycles. The number of ether oxygens (including phenoxy) is 1. The summed E-state index contributed by atoms with van der Waals surface area (Å²) in [7, 11) is 0. The smallest absolute Gasteiger partial charge is 0.0692 e. The standard InChI is InChI=1S/C10H20N4O/c1-2-9-15-10-6-11-4-3-7-14-8-5-12-13-14/h5,8,11H,2-4,6-7,9-10H2,1H3. The molecule has 1 aromatic heterocycles. The van der Waals surface area contributed by atoms with Crippen LogP contribution in [0.4, 0.5) is 0 Å². The number of nitrogens with one attached hydrogen (secondary N) is 1. The summed E-state index contributed by atoms with van der Waals surface area (Å²) in [5, 5.41) is 11.0. The van der Waals surface area contributed by atoms with Crippen LogP contribution in [0.15, 0.2) is 12.4 Å². The molecular formula is C10H20N4O. The summed E-state index contributed by atoms with van der Waals surface area (Å²) in [6.45, 7) is 6.62. The van der Waals surface area contributed by atoms with E-state index in [-0.39, 0.29) is 0 Å². The highest BCUT2D eigenvalue weighted by atomic mass is 16.5. The fourth-order valence-electron chi connectivity index (χ4n) is 1.23. The molecule has 86 valence electrons. The first-order chi connectivity index (χ1) is 7.43. The van der Waals surface area contributed by atoms with Gasteiger partial charge in [-0.3, -0.25) is 4.68 Å². The number of aryl methyl sites for hydroxylation is 1. The van der Waals surface area contributed by atoms with Crippen LogP contribution in [0.1, 0.15) is 19.8 Å². The van der Waals surface area contributed by atoms with Gasteiger partial charge >= 0.3 is 0 Å². The van der Waals surface area contributed by atoms with Crippen molar-refractivity contribution in [3.63, 3.8) is 0 Å². The lowest BCUT2D eigenvalue weighted by Gasteiger charge is -2.05. The van der Waals surface area contributed by atoms with E-state index in [1.165, 1.54) is 0 Å². The second kappa shape index (κ2) is 8.38. The summed E-state index contributed by atoms with van der Waals surface area (Å²) in [5.74, 6) is 0. The van der Waals surface area contributed by atoms with Crippen molar-refractivity contribution in [2.45, 2.75) is 26.3 Å². The first-order valence-electron chi connectivity index (χ1n) is 5.56. The number of hydrogen-bond donors (Lipinski definition) is 1. The van der Waals surface area contributed by atoms with Crippen LogP contribution in [0.3, 0.4) is 0 Å². The molecule has 0 fully saturated rings. The first-order valence-corrected chi connectivity index (χ1v) is 5.56. The van der Waals surface area contributed by atoms with E-state index in [4.69, 9.17) is 4.74 Å². The number of aromatic nitrogens is 3. The van der Waals surface area contributed by atoms with Crippen LogP contribution >= 0.6 is 0 Å². The van der Waals surface area contributed by atoms with Gasteiger partial charge in [0.15, 0.2) is 0 Å². The van der Waals surface area contributed by atoms with E-state index >= 15 is 0 Å². The summed E-state index contributed by atoms with van der Waals surface area (Å²) in [5.41, 5.74) is 0. The van der Waals surface area contributed by atoms with E-state index in [1.54, 1.807) is 6.20 Å². The Kier molecular flexibility index (Phi) is 6.77. The number of hydrogen-bond acceptors (Lipinski definition) is 4. The topological polar surface area (TPSA) is 52.0 Å². The molecule has 5 heteroatoms. The summed E-state index contributed by atoms with van der Waals surface area (Å²) in [4.78, 5) is 0. The van der Waals surface area contributed by atoms with Crippen molar-refractivity contribution in [1.29, 1.82) is 0 Å². The Balaban J connectivity index is 1.81. The zero-order chi connectivity index (χ0) is 10.8. The zero-order valence-corrected chi connectivity index (χ0v) is 9.35. The minimum Gasteiger partial charge on any atom is -0.380 e. The van der Waals surface area contributed by atoms with E-state index in [0.29, 0.717) is 0 Å². The van der Waals surface area contributed by atoms with Crippen molar-refractivity contribution in [2.75, 3.05) is 26.3 Å². The Morgan fingerprint density at radius 1 is 1.33 bits per heavy atom. The fourth-order valence-corrected chi connectivity index (χ4v) is 1.23. The predicted octanol–water partition coefficient (Wildman–Crippen LogP) is 0.684. The molecule has 15 heavy (non-hydrogen) atoms. The lowest BCUT2D eigenvalue weighted by molar-refractivity contribution is 0.136. The second-order valence-corrected chi connectivity index (χ2v) is 3.38. The van der Waals surface area contributed by atoms with Crippen molar-refractivity contribution in [3.8, 4) is 0 Å². The van der Waals surface area contributed by atoms with Gasteiger partial charge in [0.25, 0.3) is 0 Å². The van der Waals surface area contributed by atoms with Crippen LogP contribution in [-0.4, -0.2) is 41.3 Å². The van der Waals surface area contributed by atoms with Crippen molar-refractivity contribution >= 4 is 0 Å². The summed E-state index contributed by atoms with van der Waals surface area (Å²) in [6, 6.07) is 0. The van der Waals surface area contributed by atoms with Gasteiger partial charge in [-0.2, -0.15) is 0 Å². The third-order valence-corrected chi connectivity index (χ3v) is 1.98. The predicted molar refractivity (Wildman–Crippen MR) is 58.6 cm³/mol. The van der Waals surface area contributed by atoms with Crippen LogP contribution in [0.25, 0.3) is 0 Å². The Morgan fingerprint density at radius 2 is 2.27 bits per heavy atom. The molecule has 5 nitrogen and oxygen atoms in total. The van der Waals surface area contributed by atoms with Gasteiger partial charge in [-0.15, -0.1) is 5.10 Å². The maximum Gasteiger partial charge on any atom is 0.0692 e. The minimum absolute atomic E-state index is 0.803. The van der Waals surface area contributed by atoms with E-state index < -0.39 is 0 Å². The van der Waals surface area contributed by atoms with Gasteiger partial charge in [-0.25, -0.2) is 0 Å². The van der Waals surface area contributed by atoms with E-state index in [1.807, 2.05) is 10.9 Å². The summed E-state index contributed by atoms with van der Waals surface area (Å²) >= 11 is 0. The van der Waals surface area contributed by atoms with Crippen LogP contribution < -0.4 is 5.32 Å². The minimum atomic E-state index is 0.803. The maximum atomic E-state index is 5.35. The Morgan fingerprint density at radius 3 is 3.00 bits per heavy atom. The molecule has 0 saturated heterocycles. The molecule has 1 heterocycles. The molecule has 0 aliphatic rings. The van der Waals surface area contributed by atoms with Crippen LogP contribution in [0.5, 0.6) is 0 Å². The van der Waals surface area contributed by atoms with Crippen molar-refractivity contribution < 1.29 is 4.74 Å². The van der Waals surface area contributed by atoms with Crippen molar-refractivity contribution in [3.05, 3.63) is 12.4 Å². The van der Waals surface area contributed by atoms with Gasteiger partial charge in [0.2, 0.25) is 0 Å². The second-order valence-electron chi connectivity index (χ2n) is 3.38. The average Bonchev–Trinajstić information content (AvgIpc) is 2.75. The van der Waals surface area contributed by atoms with Crippen LogP contribution in [-0.2, 0) is 11.3 Å². The Labute approximate surface area is 90.8 Å². The Bertz CT molecular complexity index is 225. The van der Waals surface area contributed by atoms with Gasteiger partial charge in [-0.05, 0) is 19.4 Å². The third-order valence-electron chi connectivity index (χ3n) is 1.98. The van der Waals surface area contributed by atoms with Crippen LogP contribution in [0, 0.1) is 0 Å². The molecule has 0 amide bonds. The normalized spacial score (nSPS) is 10.7. The molecular weight excluding hydrogens is 192 g/mol. The van der Waals surface area contributed by atoms with Crippen LogP contribution in [0.2, 0.25) is 0 Å². The largest absolute Gasteiger partial charge is 0.380 e. The maximum absolute atomic E-state index is 5.35. The molecule has 1 N–H and O–H groups in total. The highest BCUT2D eigenvalue weighted by Gasteiger charge is 1.91. The highest BCUT2D eigenvalue weighted by molar-refractivity contribution is 4.63. The Hall–Kier alpha value is -0.940. The lowest BCUT2D eigenvalue weighted by atomic mass is 10.4. The van der Waals surface area contributed by atoms with E-state index in [0.717, 1.165) is 45.7 Å². The number of rotatable bonds is 9. The van der Waals surface area contributed by atoms with E-state index in [9.17, 15) is 0 Å². The lowest BCUT2D eigenvalue weighted by Crippen LogP contribution is -2.22. The molecule has 0 atom stereocenters. The third kappa shape index (κ3) is 6.19. The molecule has 0 saturated carbocycles. The monoisotopic (exact) mass is 212 g/mol. The molecule has 0 spiro atoms. The summed E-state index contributed by atoms with van der Waals surface area (Å²) < 4.78 is 7.19. The molecule has 1 aromatic rings. The van der Waals surface area contributed by atoms with Gasteiger partial charge in [-0.1, -0.05) is 12.1 Å². The van der Waals surface area contributed by atoms with E-state index in [2.05, 4.69) is 22.6 Å². The highest BCUT2D eigenvalue weighted by Crippen LogP contribution is 1.85. The number of nitrogens with zero attached hydrogens (tertiary/aromatic N) is 3. The first kappa shape index (κ1) is 12.1. The van der Waals surface area contributed by atoms with Gasteiger partial charge < -0.3 is 10.1 Å². The molecule has 0 radical (unpaired) electrons. The summed E-state index contributed by atoms with van der Waals surface area (Å²) in [6.07, 6.45) is 5.74. The quantitative estimate of drug-likeness (QED) is 0.612. The molecule has 0 unspecified atom stereocenters. The molecule has 1 rings (SSSR count).